The smallest absolute Gasteiger partial charge is 0.0729 e. The monoisotopic (exact) mass is 270 g/mol. The third kappa shape index (κ3) is 4.15. The molecule has 0 radical (unpaired) electrons. The van der Waals surface area contributed by atoms with Crippen molar-refractivity contribution in [3.63, 3.8) is 0 Å². The van der Waals surface area contributed by atoms with Crippen LogP contribution in [0.3, 0.4) is 0 Å². The number of ether oxygens (including phenoxy) is 2. The molecule has 0 aromatic heterocycles. The van der Waals surface area contributed by atoms with Crippen molar-refractivity contribution in [1.82, 2.24) is 5.43 Å². The van der Waals surface area contributed by atoms with Gasteiger partial charge in [0.05, 0.1) is 5.60 Å². The van der Waals surface area contributed by atoms with Crippen molar-refractivity contribution in [2.75, 3.05) is 19.8 Å². The van der Waals surface area contributed by atoms with Crippen LogP contribution in [0.1, 0.15) is 52.9 Å². The fourth-order valence-electron chi connectivity index (χ4n) is 3.52. The topological polar surface area (TPSA) is 56.5 Å². The zero-order valence-electron chi connectivity index (χ0n) is 12.7. The number of nitrogens with two attached hydrogens (primary N) is 1. The fourth-order valence-corrected chi connectivity index (χ4v) is 3.52. The summed E-state index contributed by atoms with van der Waals surface area (Å²) < 4.78 is 11.6. The predicted molar refractivity (Wildman–Crippen MR) is 76.6 cm³/mol. The van der Waals surface area contributed by atoms with Gasteiger partial charge in [-0.3, -0.25) is 11.3 Å². The lowest BCUT2D eigenvalue weighted by Crippen LogP contribution is -2.51. The molecule has 2 fully saturated rings. The summed E-state index contributed by atoms with van der Waals surface area (Å²) in [6, 6.07) is 0.392. The second-order valence-corrected chi connectivity index (χ2v) is 7.43. The van der Waals surface area contributed by atoms with Crippen LogP contribution in [0.15, 0.2) is 0 Å². The minimum Gasteiger partial charge on any atom is -0.381 e. The molecule has 0 saturated carbocycles. The van der Waals surface area contributed by atoms with Gasteiger partial charge in [0.2, 0.25) is 0 Å². The lowest BCUT2D eigenvalue weighted by molar-refractivity contribution is -0.151. The highest BCUT2D eigenvalue weighted by atomic mass is 16.5. The van der Waals surface area contributed by atoms with Gasteiger partial charge in [-0.05, 0) is 43.4 Å². The maximum Gasteiger partial charge on any atom is 0.0729 e. The molecular formula is C15H30N2O2. The molecule has 0 aromatic rings. The molecule has 0 bridgehead atoms. The van der Waals surface area contributed by atoms with E-state index in [1.807, 2.05) is 0 Å². The minimum absolute atomic E-state index is 0.0636. The van der Waals surface area contributed by atoms with Gasteiger partial charge in [-0.2, -0.15) is 0 Å². The van der Waals surface area contributed by atoms with E-state index in [1.165, 1.54) is 0 Å². The van der Waals surface area contributed by atoms with E-state index in [0.717, 1.165) is 51.9 Å². The largest absolute Gasteiger partial charge is 0.381 e. The van der Waals surface area contributed by atoms with Gasteiger partial charge in [0.15, 0.2) is 0 Å². The molecule has 2 saturated heterocycles. The number of hydrogen-bond acceptors (Lipinski definition) is 4. The SMILES string of the molecule is CC(C)(C)CC(NN)C1CCOC2(CCOCC2)C1. The molecule has 0 amide bonds. The second kappa shape index (κ2) is 6.08. The molecule has 2 rings (SSSR count). The molecule has 0 aliphatic carbocycles. The quantitative estimate of drug-likeness (QED) is 0.610. The van der Waals surface area contributed by atoms with Gasteiger partial charge < -0.3 is 9.47 Å². The summed E-state index contributed by atoms with van der Waals surface area (Å²) in [7, 11) is 0. The molecule has 2 aliphatic rings. The summed E-state index contributed by atoms with van der Waals surface area (Å²) in [6.07, 6.45) is 5.43. The molecule has 19 heavy (non-hydrogen) atoms. The molecule has 2 unspecified atom stereocenters. The van der Waals surface area contributed by atoms with Crippen LogP contribution >= 0.6 is 0 Å². The Hall–Kier alpha value is -0.160. The van der Waals surface area contributed by atoms with Crippen LogP contribution < -0.4 is 11.3 Å². The molecule has 4 nitrogen and oxygen atoms in total. The Kier molecular flexibility index (Phi) is 4.88. The highest BCUT2D eigenvalue weighted by molar-refractivity contribution is 4.93. The number of rotatable bonds is 3. The summed E-state index contributed by atoms with van der Waals surface area (Å²) in [5.41, 5.74) is 3.43. The van der Waals surface area contributed by atoms with E-state index in [1.54, 1.807) is 0 Å². The average Bonchev–Trinajstić information content (AvgIpc) is 2.36. The van der Waals surface area contributed by atoms with E-state index in [4.69, 9.17) is 15.3 Å². The Morgan fingerprint density at radius 1 is 1.26 bits per heavy atom. The van der Waals surface area contributed by atoms with Crippen LogP contribution in [-0.4, -0.2) is 31.5 Å². The highest BCUT2D eigenvalue weighted by Gasteiger charge is 2.41. The Bertz CT molecular complexity index is 277. The van der Waals surface area contributed by atoms with Crippen molar-refractivity contribution in [2.45, 2.75) is 64.5 Å². The van der Waals surface area contributed by atoms with E-state index in [9.17, 15) is 0 Å². The van der Waals surface area contributed by atoms with Gasteiger partial charge in [-0.25, -0.2) is 0 Å². The first kappa shape index (κ1) is 15.2. The van der Waals surface area contributed by atoms with E-state index in [2.05, 4.69) is 26.2 Å². The van der Waals surface area contributed by atoms with E-state index >= 15 is 0 Å². The van der Waals surface area contributed by atoms with Crippen LogP contribution in [0.4, 0.5) is 0 Å². The second-order valence-electron chi connectivity index (χ2n) is 7.43. The minimum atomic E-state index is 0.0636. The molecule has 2 heterocycles. The lowest BCUT2D eigenvalue weighted by atomic mass is 9.74. The van der Waals surface area contributed by atoms with E-state index < -0.39 is 0 Å². The summed E-state index contributed by atoms with van der Waals surface area (Å²) in [6.45, 7) is 9.38. The molecule has 2 aliphatic heterocycles. The van der Waals surface area contributed by atoms with E-state index in [0.29, 0.717) is 17.4 Å². The lowest BCUT2D eigenvalue weighted by Gasteiger charge is -2.46. The molecule has 2 atom stereocenters. The molecule has 112 valence electrons. The Labute approximate surface area is 117 Å². The van der Waals surface area contributed by atoms with Crippen molar-refractivity contribution >= 4 is 0 Å². The van der Waals surface area contributed by atoms with Gasteiger partial charge in [0.25, 0.3) is 0 Å². The Morgan fingerprint density at radius 2 is 1.95 bits per heavy atom. The Balaban J connectivity index is 1.98. The molecule has 0 aromatic carbocycles. The maximum absolute atomic E-state index is 6.11. The normalized spacial score (nSPS) is 29.4. The van der Waals surface area contributed by atoms with Gasteiger partial charge >= 0.3 is 0 Å². The van der Waals surface area contributed by atoms with Crippen molar-refractivity contribution in [2.24, 2.45) is 17.2 Å². The molecule has 3 N–H and O–H groups in total. The van der Waals surface area contributed by atoms with Gasteiger partial charge in [0, 0.05) is 25.9 Å². The maximum atomic E-state index is 6.11. The van der Waals surface area contributed by atoms with Crippen LogP contribution in [0.25, 0.3) is 0 Å². The van der Waals surface area contributed by atoms with Crippen LogP contribution in [0, 0.1) is 11.3 Å². The Morgan fingerprint density at radius 3 is 2.53 bits per heavy atom. The summed E-state index contributed by atoms with van der Waals surface area (Å²) in [5, 5.41) is 0. The van der Waals surface area contributed by atoms with Gasteiger partial charge in [-0.15, -0.1) is 0 Å². The number of nitrogens with one attached hydrogen (secondary N) is 1. The third-order valence-electron chi connectivity index (χ3n) is 4.55. The predicted octanol–water partition coefficient (Wildman–Crippen LogP) is 2.23. The number of hydrogen-bond donors (Lipinski definition) is 2. The summed E-state index contributed by atoms with van der Waals surface area (Å²) >= 11 is 0. The first-order chi connectivity index (χ1) is 8.94. The molecule has 1 spiro atoms. The van der Waals surface area contributed by atoms with Crippen molar-refractivity contribution < 1.29 is 9.47 Å². The summed E-state index contributed by atoms with van der Waals surface area (Å²) in [5.74, 6) is 6.43. The fraction of sp³-hybridized carbons (Fsp3) is 1.00. The first-order valence-corrected chi connectivity index (χ1v) is 7.62. The van der Waals surface area contributed by atoms with Crippen LogP contribution in [0.2, 0.25) is 0 Å². The third-order valence-corrected chi connectivity index (χ3v) is 4.55. The number of hydrazine groups is 1. The summed E-state index contributed by atoms with van der Waals surface area (Å²) in [4.78, 5) is 0. The van der Waals surface area contributed by atoms with Crippen molar-refractivity contribution in [3.05, 3.63) is 0 Å². The molecular weight excluding hydrogens is 240 g/mol. The highest BCUT2D eigenvalue weighted by Crippen LogP contribution is 2.39. The van der Waals surface area contributed by atoms with Crippen LogP contribution in [-0.2, 0) is 9.47 Å². The van der Waals surface area contributed by atoms with Gasteiger partial charge in [0.1, 0.15) is 0 Å². The zero-order chi connectivity index (χ0) is 13.9. The molecule has 4 heteroatoms. The average molecular weight is 270 g/mol. The van der Waals surface area contributed by atoms with E-state index in [-0.39, 0.29) is 5.60 Å². The van der Waals surface area contributed by atoms with Crippen molar-refractivity contribution in [3.8, 4) is 0 Å². The van der Waals surface area contributed by atoms with Crippen LogP contribution in [0.5, 0.6) is 0 Å². The standard InChI is InChI=1S/C15H30N2O2/c1-14(2,3)11-13(17-16)12-4-7-19-15(10-12)5-8-18-9-6-15/h12-13,17H,4-11,16H2,1-3H3. The van der Waals surface area contributed by atoms with Crippen molar-refractivity contribution in [1.29, 1.82) is 0 Å². The first-order valence-electron chi connectivity index (χ1n) is 7.62. The van der Waals surface area contributed by atoms with Gasteiger partial charge in [-0.1, -0.05) is 20.8 Å². The zero-order valence-corrected chi connectivity index (χ0v) is 12.7.